The summed E-state index contributed by atoms with van der Waals surface area (Å²) >= 11 is 0. The zero-order chi connectivity index (χ0) is 14.4. The predicted octanol–water partition coefficient (Wildman–Crippen LogP) is 1.67. The summed E-state index contributed by atoms with van der Waals surface area (Å²) in [7, 11) is 1.41. The van der Waals surface area contributed by atoms with Crippen molar-refractivity contribution in [3.8, 4) is 5.75 Å². The molecule has 1 atom stereocenters. The molecular weight excluding hydrogens is 250 g/mol. The van der Waals surface area contributed by atoms with Gasteiger partial charge in [-0.2, -0.15) is 0 Å². The van der Waals surface area contributed by atoms with Crippen LogP contribution in [0.25, 0.3) is 0 Å². The molecule has 0 saturated carbocycles. The van der Waals surface area contributed by atoms with Gasteiger partial charge in [0.15, 0.2) is 0 Å². The summed E-state index contributed by atoms with van der Waals surface area (Å²) in [6, 6.07) is 3.54. The number of hydrogen-bond donors (Lipinski definition) is 2. The van der Waals surface area contributed by atoms with E-state index in [9.17, 15) is 14.9 Å². The number of nitro groups is 1. The molecule has 19 heavy (non-hydrogen) atoms. The van der Waals surface area contributed by atoms with E-state index in [0.717, 1.165) is 6.42 Å². The van der Waals surface area contributed by atoms with Crippen LogP contribution in [0.1, 0.15) is 19.8 Å². The van der Waals surface area contributed by atoms with Crippen molar-refractivity contribution in [3.05, 3.63) is 28.3 Å². The molecule has 7 nitrogen and oxygen atoms in total. The number of benzene rings is 1. The van der Waals surface area contributed by atoms with Crippen molar-refractivity contribution in [2.45, 2.75) is 25.8 Å². The number of methoxy groups -OCH3 is 1. The van der Waals surface area contributed by atoms with Crippen LogP contribution in [-0.4, -0.2) is 24.0 Å². The van der Waals surface area contributed by atoms with Gasteiger partial charge >= 0.3 is 0 Å². The second-order valence-electron chi connectivity index (χ2n) is 4.02. The fourth-order valence-electron chi connectivity index (χ4n) is 1.56. The summed E-state index contributed by atoms with van der Waals surface area (Å²) < 4.78 is 4.91. The molecule has 0 unspecified atom stereocenters. The van der Waals surface area contributed by atoms with Gasteiger partial charge in [0.25, 0.3) is 5.69 Å². The number of carbonyl (C=O) groups is 1. The molecule has 0 aliphatic heterocycles. The van der Waals surface area contributed by atoms with E-state index >= 15 is 0 Å². The predicted molar refractivity (Wildman–Crippen MR) is 71.2 cm³/mol. The standard InChI is InChI=1S/C12H17N3O4/c1-3-4-9(13)12(16)14-10-6-5-8(19-2)7-11(10)15(17)18/h5-7,9H,3-4,13H2,1-2H3,(H,14,16)/t9-/m0/s1. The average Bonchev–Trinajstić information content (AvgIpc) is 2.39. The van der Waals surface area contributed by atoms with E-state index in [1.54, 1.807) is 0 Å². The highest BCUT2D eigenvalue weighted by molar-refractivity contribution is 5.96. The molecule has 1 rings (SSSR count). The number of nitrogens with zero attached hydrogens (tertiary/aromatic N) is 1. The van der Waals surface area contributed by atoms with Gasteiger partial charge in [-0.3, -0.25) is 14.9 Å². The quantitative estimate of drug-likeness (QED) is 0.602. The molecule has 0 fully saturated rings. The van der Waals surface area contributed by atoms with Gasteiger partial charge in [-0.15, -0.1) is 0 Å². The van der Waals surface area contributed by atoms with Crippen molar-refractivity contribution in [1.29, 1.82) is 0 Å². The molecule has 0 heterocycles. The highest BCUT2D eigenvalue weighted by Gasteiger charge is 2.19. The topological polar surface area (TPSA) is 107 Å². The van der Waals surface area contributed by atoms with Gasteiger partial charge in [-0.1, -0.05) is 13.3 Å². The SMILES string of the molecule is CCC[C@H](N)C(=O)Nc1ccc(OC)cc1[N+](=O)[O-]. The highest BCUT2D eigenvalue weighted by Crippen LogP contribution is 2.29. The number of anilines is 1. The number of carbonyl (C=O) groups excluding carboxylic acids is 1. The zero-order valence-corrected chi connectivity index (χ0v) is 10.9. The van der Waals surface area contributed by atoms with Gasteiger partial charge in [0.1, 0.15) is 11.4 Å². The molecule has 3 N–H and O–H groups in total. The van der Waals surface area contributed by atoms with Crippen LogP contribution in [0.15, 0.2) is 18.2 Å². The Morgan fingerprint density at radius 1 is 1.58 bits per heavy atom. The zero-order valence-electron chi connectivity index (χ0n) is 10.9. The summed E-state index contributed by atoms with van der Waals surface area (Å²) in [5, 5.41) is 13.4. The van der Waals surface area contributed by atoms with Gasteiger partial charge in [0.05, 0.1) is 24.1 Å². The lowest BCUT2D eigenvalue weighted by molar-refractivity contribution is -0.384. The normalized spacial score (nSPS) is 11.7. The third kappa shape index (κ3) is 3.92. The highest BCUT2D eigenvalue weighted by atomic mass is 16.6. The molecule has 0 aliphatic rings. The van der Waals surface area contributed by atoms with Crippen molar-refractivity contribution in [2.75, 3.05) is 12.4 Å². The van der Waals surface area contributed by atoms with Crippen molar-refractivity contribution >= 4 is 17.3 Å². The minimum Gasteiger partial charge on any atom is -0.496 e. The Labute approximate surface area is 110 Å². The Morgan fingerprint density at radius 2 is 2.26 bits per heavy atom. The maximum atomic E-state index is 11.7. The van der Waals surface area contributed by atoms with E-state index in [4.69, 9.17) is 10.5 Å². The third-order valence-electron chi connectivity index (χ3n) is 2.60. The smallest absolute Gasteiger partial charge is 0.296 e. The average molecular weight is 267 g/mol. The van der Waals surface area contributed by atoms with Crippen LogP contribution >= 0.6 is 0 Å². The molecule has 1 aromatic rings. The van der Waals surface area contributed by atoms with E-state index in [1.165, 1.54) is 25.3 Å². The minimum atomic E-state index is -0.674. The molecule has 0 aromatic heterocycles. The lowest BCUT2D eigenvalue weighted by Gasteiger charge is -2.11. The number of hydrogen-bond acceptors (Lipinski definition) is 5. The van der Waals surface area contributed by atoms with Crippen LogP contribution in [0.5, 0.6) is 5.75 Å². The number of nitro benzene ring substituents is 1. The Bertz CT molecular complexity index is 476. The summed E-state index contributed by atoms with van der Waals surface area (Å²) in [5.41, 5.74) is 5.54. The van der Waals surface area contributed by atoms with E-state index in [-0.39, 0.29) is 11.4 Å². The molecule has 0 spiro atoms. The van der Waals surface area contributed by atoms with E-state index < -0.39 is 16.9 Å². The van der Waals surface area contributed by atoms with Gasteiger partial charge in [-0.25, -0.2) is 0 Å². The molecule has 1 amide bonds. The lowest BCUT2D eigenvalue weighted by atomic mass is 10.1. The fraction of sp³-hybridized carbons (Fsp3) is 0.417. The third-order valence-corrected chi connectivity index (χ3v) is 2.60. The fourth-order valence-corrected chi connectivity index (χ4v) is 1.56. The second kappa shape index (κ2) is 6.69. The summed E-state index contributed by atoms with van der Waals surface area (Å²) in [6.07, 6.45) is 1.29. The van der Waals surface area contributed by atoms with E-state index in [1.807, 2.05) is 6.92 Å². The van der Waals surface area contributed by atoms with E-state index in [0.29, 0.717) is 12.2 Å². The largest absolute Gasteiger partial charge is 0.496 e. The van der Waals surface area contributed by atoms with Crippen LogP contribution in [0, 0.1) is 10.1 Å². The van der Waals surface area contributed by atoms with Crippen LogP contribution in [-0.2, 0) is 4.79 Å². The second-order valence-corrected chi connectivity index (χ2v) is 4.02. The number of amides is 1. The number of ether oxygens (including phenoxy) is 1. The van der Waals surface area contributed by atoms with Crippen molar-refractivity contribution in [3.63, 3.8) is 0 Å². The van der Waals surface area contributed by atoms with Gasteiger partial charge in [0, 0.05) is 0 Å². The van der Waals surface area contributed by atoms with Crippen LogP contribution in [0.3, 0.4) is 0 Å². The van der Waals surface area contributed by atoms with E-state index in [2.05, 4.69) is 5.32 Å². The molecule has 0 bridgehead atoms. The Balaban J connectivity index is 2.94. The Kier molecular flexibility index (Phi) is 5.25. The summed E-state index contributed by atoms with van der Waals surface area (Å²) in [4.78, 5) is 22.1. The summed E-state index contributed by atoms with van der Waals surface area (Å²) in [6.45, 7) is 1.91. The monoisotopic (exact) mass is 267 g/mol. The van der Waals surface area contributed by atoms with Gasteiger partial charge in [0.2, 0.25) is 5.91 Å². The number of nitrogens with two attached hydrogens (primary N) is 1. The molecule has 0 aliphatic carbocycles. The molecule has 0 radical (unpaired) electrons. The molecular formula is C12H17N3O4. The van der Waals surface area contributed by atoms with Crippen LogP contribution in [0.4, 0.5) is 11.4 Å². The first-order valence-corrected chi connectivity index (χ1v) is 5.88. The van der Waals surface area contributed by atoms with Gasteiger partial charge < -0.3 is 15.8 Å². The first-order valence-electron chi connectivity index (χ1n) is 5.88. The minimum absolute atomic E-state index is 0.113. The first kappa shape index (κ1) is 14.9. The van der Waals surface area contributed by atoms with Crippen LogP contribution in [0.2, 0.25) is 0 Å². The maximum Gasteiger partial charge on any atom is 0.296 e. The summed E-state index contributed by atoms with van der Waals surface area (Å²) in [5.74, 6) is -0.0855. The lowest BCUT2D eigenvalue weighted by Crippen LogP contribution is -2.35. The molecule has 104 valence electrons. The Hall–Kier alpha value is -2.15. The van der Waals surface area contributed by atoms with Crippen molar-refractivity contribution in [1.82, 2.24) is 0 Å². The maximum absolute atomic E-state index is 11.7. The van der Waals surface area contributed by atoms with Crippen molar-refractivity contribution in [2.24, 2.45) is 5.73 Å². The Morgan fingerprint density at radius 3 is 2.79 bits per heavy atom. The molecule has 1 aromatic carbocycles. The molecule has 7 heteroatoms. The first-order chi connectivity index (χ1) is 8.99. The van der Waals surface area contributed by atoms with Crippen molar-refractivity contribution < 1.29 is 14.5 Å². The molecule has 0 saturated heterocycles. The number of rotatable bonds is 6. The van der Waals surface area contributed by atoms with Crippen LogP contribution < -0.4 is 15.8 Å². The number of nitrogens with one attached hydrogen (secondary N) is 1. The van der Waals surface area contributed by atoms with Gasteiger partial charge in [-0.05, 0) is 18.6 Å².